The summed E-state index contributed by atoms with van der Waals surface area (Å²) < 4.78 is 10.6. The number of ether oxygens (including phenoxy) is 2. The van der Waals surface area contributed by atoms with E-state index < -0.39 is 11.8 Å². The molecule has 0 fully saturated rings. The normalized spacial score (nSPS) is 10.4. The van der Waals surface area contributed by atoms with Gasteiger partial charge in [-0.05, 0) is 67.9 Å². The number of hydrogen-bond donors (Lipinski definition) is 2. The first-order valence-electron chi connectivity index (χ1n) is 8.22. The van der Waals surface area contributed by atoms with Gasteiger partial charge in [-0.1, -0.05) is 0 Å². The number of nitrogens with zero attached hydrogens (tertiary/aromatic N) is 1. The van der Waals surface area contributed by atoms with Crippen LogP contribution in [-0.4, -0.2) is 31.2 Å². The Morgan fingerprint density at radius 1 is 0.885 bits per heavy atom. The lowest BCUT2D eigenvalue weighted by molar-refractivity contribution is -0.136. The molecule has 0 aliphatic heterocycles. The van der Waals surface area contributed by atoms with Crippen molar-refractivity contribution in [1.29, 1.82) is 0 Å². The summed E-state index contributed by atoms with van der Waals surface area (Å²) in [5.41, 5.74) is 3.44. The van der Waals surface area contributed by atoms with Crippen molar-refractivity contribution in [1.82, 2.24) is 5.43 Å². The van der Waals surface area contributed by atoms with Crippen molar-refractivity contribution in [2.75, 3.05) is 18.5 Å². The van der Waals surface area contributed by atoms with Crippen LogP contribution in [-0.2, 0) is 9.59 Å². The molecule has 0 saturated carbocycles. The molecule has 0 bridgehead atoms. The van der Waals surface area contributed by atoms with Gasteiger partial charge in [0, 0.05) is 5.69 Å². The van der Waals surface area contributed by atoms with Gasteiger partial charge in [0.1, 0.15) is 11.5 Å². The Hall–Kier alpha value is -3.35. The van der Waals surface area contributed by atoms with Crippen molar-refractivity contribution in [2.24, 2.45) is 5.10 Å². The number of hydrogen-bond acceptors (Lipinski definition) is 5. The van der Waals surface area contributed by atoms with Crippen molar-refractivity contribution < 1.29 is 19.1 Å². The van der Waals surface area contributed by atoms with Gasteiger partial charge in [-0.25, -0.2) is 5.43 Å². The number of carbonyl (C=O) groups excluding carboxylic acids is 2. The molecule has 2 aromatic rings. The molecule has 0 heterocycles. The topological polar surface area (TPSA) is 89.0 Å². The van der Waals surface area contributed by atoms with E-state index in [9.17, 15) is 9.59 Å². The Morgan fingerprint density at radius 3 is 1.96 bits per heavy atom. The van der Waals surface area contributed by atoms with E-state index in [1.165, 1.54) is 6.21 Å². The van der Waals surface area contributed by atoms with E-state index in [-0.39, 0.29) is 0 Å². The summed E-state index contributed by atoms with van der Waals surface area (Å²) in [5.74, 6) is -0.225. The number of benzene rings is 2. The lowest BCUT2D eigenvalue weighted by Gasteiger charge is -2.06. The number of hydrazone groups is 1. The molecule has 0 aliphatic carbocycles. The van der Waals surface area contributed by atoms with Gasteiger partial charge in [-0.15, -0.1) is 0 Å². The molecule has 7 nitrogen and oxygen atoms in total. The maximum atomic E-state index is 11.8. The van der Waals surface area contributed by atoms with E-state index in [2.05, 4.69) is 15.8 Å². The second-order valence-corrected chi connectivity index (χ2v) is 5.11. The first-order valence-corrected chi connectivity index (χ1v) is 8.22. The van der Waals surface area contributed by atoms with Crippen LogP contribution in [0.25, 0.3) is 0 Å². The molecule has 2 rings (SSSR count). The Morgan fingerprint density at radius 2 is 1.42 bits per heavy atom. The zero-order chi connectivity index (χ0) is 18.8. The van der Waals surface area contributed by atoms with Crippen molar-refractivity contribution >= 4 is 23.7 Å². The van der Waals surface area contributed by atoms with Gasteiger partial charge in [0.25, 0.3) is 0 Å². The number of amides is 2. The Labute approximate surface area is 152 Å². The summed E-state index contributed by atoms with van der Waals surface area (Å²) >= 11 is 0. The molecule has 0 atom stereocenters. The Kier molecular flexibility index (Phi) is 7.17. The average Bonchev–Trinajstić information content (AvgIpc) is 2.65. The second-order valence-electron chi connectivity index (χ2n) is 5.11. The molecule has 136 valence electrons. The highest BCUT2D eigenvalue weighted by Gasteiger charge is 2.12. The first kappa shape index (κ1) is 19.0. The van der Waals surface area contributed by atoms with E-state index in [4.69, 9.17) is 9.47 Å². The lowest BCUT2D eigenvalue weighted by Crippen LogP contribution is -2.32. The van der Waals surface area contributed by atoms with Gasteiger partial charge < -0.3 is 14.8 Å². The van der Waals surface area contributed by atoms with Crippen molar-refractivity contribution in [3.05, 3.63) is 54.1 Å². The zero-order valence-electron chi connectivity index (χ0n) is 14.7. The van der Waals surface area contributed by atoms with E-state index in [0.29, 0.717) is 24.7 Å². The fourth-order valence-electron chi connectivity index (χ4n) is 2.02. The van der Waals surface area contributed by atoms with Crippen LogP contribution in [0.2, 0.25) is 0 Å². The molecule has 0 unspecified atom stereocenters. The van der Waals surface area contributed by atoms with Crippen LogP contribution in [0.15, 0.2) is 53.6 Å². The smallest absolute Gasteiger partial charge is 0.329 e. The van der Waals surface area contributed by atoms with Crippen LogP contribution in [0, 0.1) is 0 Å². The molecule has 2 amide bonds. The molecule has 2 N–H and O–H groups in total. The van der Waals surface area contributed by atoms with Gasteiger partial charge in [-0.3, -0.25) is 9.59 Å². The van der Waals surface area contributed by atoms with Crippen molar-refractivity contribution in [3.8, 4) is 11.5 Å². The van der Waals surface area contributed by atoms with Crippen molar-refractivity contribution in [3.63, 3.8) is 0 Å². The maximum absolute atomic E-state index is 11.8. The molecule has 0 aromatic heterocycles. The standard InChI is InChI=1S/C19H21N3O4/c1-3-25-16-9-5-14(6-10-16)13-20-22-19(24)18(23)21-15-7-11-17(12-8-15)26-4-2/h5-13H,3-4H2,1-2H3,(H,21,23)(H,22,24)/b20-13-. The summed E-state index contributed by atoms with van der Waals surface area (Å²) in [6.07, 6.45) is 1.44. The van der Waals surface area contributed by atoms with Crippen LogP contribution in [0.4, 0.5) is 5.69 Å². The van der Waals surface area contributed by atoms with Gasteiger partial charge in [0.05, 0.1) is 19.4 Å². The van der Waals surface area contributed by atoms with Crippen LogP contribution in [0.5, 0.6) is 11.5 Å². The van der Waals surface area contributed by atoms with E-state index >= 15 is 0 Å². The first-order chi connectivity index (χ1) is 12.6. The summed E-state index contributed by atoms with van der Waals surface area (Å²) in [6, 6.07) is 13.9. The van der Waals surface area contributed by atoms with E-state index in [0.717, 1.165) is 11.3 Å². The Bertz CT molecular complexity index is 755. The number of carbonyl (C=O) groups is 2. The SMILES string of the molecule is CCOc1ccc(/C=N\NC(=O)C(=O)Nc2ccc(OCC)cc2)cc1. The van der Waals surface area contributed by atoms with Crippen LogP contribution in [0.3, 0.4) is 0 Å². The van der Waals surface area contributed by atoms with Gasteiger partial charge in [0.15, 0.2) is 0 Å². The van der Waals surface area contributed by atoms with Gasteiger partial charge in [-0.2, -0.15) is 5.10 Å². The monoisotopic (exact) mass is 355 g/mol. The summed E-state index contributed by atoms with van der Waals surface area (Å²) in [4.78, 5) is 23.6. The minimum Gasteiger partial charge on any atom is -0.494 e. The molecule has 0 saturated heterocycles. The molecule has 0 spiro atoms. The lowest BCUT2D eigenvalue weighted by atomic mass is 10.2. The third-order valence-electron chi connectivity index (χ3n) is 3.20. The molecule has 0 aliphatic rings. The predicted molar refractivity (Wildman–Crippen MR) is 99.6 cm³/mol. The van der Waals surface area contributed by atoms with Crippen LogP contribution >= 0.6 is 0 Å². The average molecular weight is 355 g/mol. The fraction of sp³-hybridized carbons (Fsp3) is 0.211. The minimum absolute atomic E-state index is 0.490. The quantitative estimate of drug-likeness (QED) is 0.454. The zero-order valence-corrected chi connectivity index (χ0v) is 14.7. The number of nitrogens with one attached hydrogen (secondary N) is 2. The summed E-state index contributed by atoms with van der Waals surface area (Å²) in [6.45, 7) is 4.94. The number of rotatable bonds is 7. The third-order valence-corrected chi connectivity index (χ3v) is 3.20. The second kappa shape index (κ2) is 9.83. The highest BCUT2D eigenvalue weighted by atomic mass is 16.5. The molecule has 7 heteroatoms. The van der Waals surface area contributed by atoms with Crippen molar-refractivity contribution in [2.45, 2.75) is 13.8 Å². The molecular formula is C19H21N3O4. The predicted octanol–water partition coefficient (Wildman–Crippen LogP) is 2.57. The highest BCUT2D eigenvalue weighted by molar-refractivity contribution is 6.39. The van der Waals surface area contributed by atoms with Gasteiger partial charge >= 0.3 is 11.8 Å². The minimum atomic E-state index is -0.860. The van der Waals surface area contributed by atoms with Gasteiger partial charge in [0.2, 0.25) is 0 Å². The largest absolute Gasteiger partial charge is 0.494 e. The summed E-state index contributed by atoms with van der Waals surface area (Å²) in [5, 5.41) is 6.26. The molecular weight excluding hydrogens is 334 g/mol. The highest BCUT2D eigenvalue weighted by Crippen LogP contribution is 2.15. The van der Waals surface area contributed by atoms with Crippen LogP contribution in [0.1, 0.15) is 19.4 Å². The maximum Gasteiger partial charge on any atom is 0.329 e. The third kappa shape index (κ3) is 5.94. The Balaban J connectivity index is 1.83. The van der Waals surface area contributed by atoms with Crippen LogP contribution < -0.4 is 20.2 Å². The number of anilines is 1. The summed E-state index contributed by atoms with van der Waals surface area (Å²) in [7, 11) is 0. The molecule has 2 aromatic carbocycles. The molecule has 0 radical (unpaired) electrons. The van der Waals surface area contributed by atoms with E-state index in [1.807, 2.05) is 13.8 Å². The molecule has 26 heavy (non-hydrogen) atoms. The van der Waals surface area contributed by atoms with E-state index in [1.54, 1.807) is 48.5 Å². The fourth-order valence-corrected chi connectivity index (χ4v) is 2.02.